The number of pyridine rings is 3. The van der Waals surface area contributed by atoms with Crippen LogP contribution in [-0.2, 0) is 5.41 Å². The van der Waals surface area contributed by atoms with Gasteiger partial charge in [-0.25, -0.2) is 4.98 Å². The van der Waals surface area contributed by atoms with Crippen LogP contribution < -0.4 is 0 Å². The molecular weight excluding hydrogens is 885 g/mol. The van der Waals surface area contributed by atoms with E-state index in [1.807, 2.05) is 30.2 Å². The highest BCUT2D eigenvalue weighted by Crippen LogP contribution is 2.62. The SMILES string of the molecule is c1ccc2c(c1)Sc1ccc(-n3c4ccccc4c4ccccc43)cc1C21c2cccnc2-c2ncc(-c3ccc4c(c3)c3ccccc3n4-c3ncccc3-n3c4ccccc4c4ccccc43)cc21. The molecule has 14 aromatic rings. The first-order chi connectivity index (χ1) is 35.2. The van der Waals surface area contributed by atoms with Crippen molar-refractivity contribution in [2.45, 2.75) is 15.2 Å². The quantitative estimate of drug-likeness (QED) is 0.176. The number of rotatable bonds is 4. The lowest BCUT2D eigenvalue weighted by atomic mass is 9.67. The monoisotopic (exact) mass is 922 g/mol. The summed E-state index contributed by atoms with van der Waals surface area (Å²) in [5, 5.41) is 7.24. The molecule has 0 saturated carbocycles. The molecule has 0 radical (unpaired) electrons. The number of aromatic nitrogens is 6. The summed E-state index contributed by atoms with van der Waals surface area (Å²) in [6.45, 7) is 0. The number of hydrogen-bond donors (Lipinski definition) is 0. The molecule has 1 spiro atoms. The maximum atomic E-state index is 5.42. The molecule has 7 heteroatoms. The molecule has 0 N–H and O–H groups in total. The molecule has 1 unspecified atom stereocenters. The highest BCUT2D eigenvalue weighted by molar-refractivity contribution is 7.99. The molecule has 0 saturated heterocycles. The van der Waals surface area contributed by atoms with Gasteiger partial charge in [0.05, 0.1) is 55.6 Å². The Bertz CT molecular complexity index is 4490. The highest BCUT2D eigenvalue weighted by Gasteiger charge is 2.52. The summed E-state index contributed by atoms with van der Waals surface area (Å²) in [5.74, 6) is 0.872. The van der Waals surface area contributed by atoms with E-state index >= 15 is 0 Å². The van der Waals surface area contributed by atoms with Crippen LogP contribution >= 0.6 is 11.8 Å². The zero-order valence-corrected chi connectivity index (χ0v) is 38.8. The van der Waals surface area contributed by atoms with Gasteiger partial charge in [-0.1, -0.05) is 133 Å². The predicted molar refractivity (Wildman–Crippen MR) is 290 cm³/mol. The lowest BCUT2D eigenvalue weighted by Crippen LogP contribution is -2.32. The molecule has 71 heavy (non-hydrogen) atoms. The second-order valence-electron chi connectivity index (χ2n) is 18.7. The summed E-state index contributed by atoms with van der Waals surface area (Å²) in [7, 11) is 0. The van der Waals surface area contributed by atoms with Gasteiger partial charge in [-0.15, -0.1) is 0 Å². The van der Waals surface area contributed by atoms with Crippen LogP contribution in [0.1, 0.15) is 22.3 Å². The smallest absolute Gasteiger partial charge is 0.162 e. The average Bonchev–Trinajstić information content (AvgIpc) is 4.15. The van der Waals surface area contributed by atoms with E-state index in [-0.39, 0.29) is 0 Å². The van der Waals surface area contributed by atoms with Crippen molar-refractivity contribution >= 4 is 77.2 Å². The third-order valence-electron chi connectivity index (χ3n) is 15.2. The van der Waals surface area contributed by atoms with Gasteiger partial charge in [0.1, 0.15) is 0 Å². The number of hydrogen-bond acceptors (Lipinski definition) is 4. The van der Waals surface area contributed by atoms with Crippen molar-refractivity contribution in [3.05, 3.63) is 253 Å². The van der Waals surface area contributed by atoms with Gasteiger partial charge >= 0.3 is 0 Å². The molecule has 1 aliphatic carbocycles. The Morgan fingerprint density at radius 3 is 1.58 bits per heavy atom. The van der Waals surface area contributed by atoms with Crippen molar-refractivity contribution < 1.29 is 0 Å². The summed E-state index contributed by atoms with van der Waals surface area (Å²) < 4.78 is 7.14. The molecule has 8 aromatic carbocycles. The van der Waals surface area contributed by atoms with Crippen LogP contribution in [0.4, 0.5) is 0 Å². The van der Waals surface area contributed by atoms with Crippen molar-refractivity contribution in [3.8, 4) is 39.7 Å². The van der Waals surface area contributed by atoms with Crippen LogP contribution in [0.15, 0.2) is 241 Å². The van der Waals surface area contributed by atoms with Gasteiger partial charge < -0.3 is 9.13 Å². The molecule has 16 rings (SSSR count). The zero-order valence-electron chi connectivity index (χ0n) is 38.0. The molecule has 0 fully saturated rings. The van der Waals surface area contributed by atoms with E-state index in [1.165, 1.54) is 53.5 Å². The van der Waals surface area contributed by atoms with E-state index in [2.05, 4.69) is 226 Å². The first kappa shape index (κ1) is 38.9. The van der Waals surface area contributed by atoms with Crippen LogP contribution in [0.25, 0.3) is 105 Å². The Balaban J connectivity index is 0.915. The standard InChI is InChI=1S/C64H38N6S/c1-7-22-52-42(15-1)43-16-2-8-23-53(43)68(52)41-30-32-60-50(37-41)64(48-20-6-12-28-59(48)71-60)49-21-13-33-65-61(49)62-51(64)36-40(38-67-62)39-29-31-57-47(35-39)46-19-5-11-26-56(46)70(57)63-58(27-14-34-66-63)69-54-24-9-3-17-44(54)45-18-4-10-25-55(45)69/h1-38H. The van der Waals surface area contributed by atoms with Crippen LogP contribution in [-0.4, -0.2) is 28.7 Å². The molecule has 1 aliphatic heterocycles. The topological polar surface area (TPSA) is 53.5 Å². The van der Waals surface area contributed by atoms with E-state index in [9.17, 15) is 0 Å². The predicted octanol–water partition coefficient (Wildman–Crippen LogP) is 15.7. The minimum Gasteiger partial charge on any atom is -0.309 e. The molecule has 6 aromatic heterocycles. The average molecular weight is 923 g/mol. The van der Waals surface area contributed by atoms with Crippen molar-refractivity contribution in [2.24, 2.45) is 0 Å². The molecule has 0 bridgehead atoms. The summed E-state index contributed by atoms with van der Waals surface area (Å²) >= 11 is 1.85. The lowest BCUT2D eigenvalue weighted by Gasteiger charge is -2.39. The van der Waals surface area contributed by atoms with Crippen LogP contribution in [0.5, 0.6) is 0 Å². The van der Waals surface area contributed by atoms with E-state index in [4.69, 9.17) is 15.0 Å². The van der Waals surface area contributed by atoms with Gasteiger partial charge in [-0.05, 0) is 113 Å². The second kappa shape index (κ2) is 14.5. The fourth-order valence-electron chi connectivity index (χ4n) is 12.4. The molecular formula is C64H38N6S. The minimum atomic E-state index is -0.684. The maximum Gasteiger partial charge on any atom is 0.162 e. The van der Waals surface area contributed by atoms with E-state index in [0.717, 1.165) is 83.7 Å². The summed E-state index contributed by atoms with van der Waals surface area (Å²) in [5.41, 5.74) is 17.1. The third kappa shape index (κ3) is 5.20. The maximum absolute atomic E-state index is 5.42. The molecule has 7 heterocycles. The Hall–Kier alpha value is -9.04. The first-order valence-electron chi connectivity index (χ1n) is 24.1. The van der Waals surface area contributed by atoms with Crippen molar-refractivity contribution in [1.29, 1.82) is 0 Å². The molecule has 0 amide bonds. The van der Waals surface area contributed by atoms with Crippen LogP contribution in [0.2, 0.25) is 0 Å². The fraction of sp³-hybridized carbons (Fsp3) is 0.0156. The van der Waals surface area contributed by atoms with Crippen molar-refractivity contribution in [2.75, 3.05) is 0 Å². The van der Waals surface area contributed by atoms with Crippen molar-refractivity contribution in [1.82, 2.24) is 28.7 Å². The highest BCUT2D eigenvalue weighted by atomic mass is 32.2. The molecule has 6 nitrogen and oxygen atoms in total. The Kier molecular flexibility index (Phi) is 7.94. The summed E-state index contributed by atoms with van der Waals surface area (Å²) in [6.07, 6.45) is 5.87. The lowest BCUT2D eigenvalue weighted by molar-refractivity contribution is 0.718. The van der Waals surface area contributed by atoms with Gasteiger partial charge in [0.15, 0.2) is 5.82 Å². The largest absolute Gasteiger partial charge is 0.309 e. The Morgan fingerprint density at radius 2 is 0.873 bits per heavy atom. The summed E-state index contributed by atoms with van der Waals surface area (Å²) in [4.78, 5) is 18.2. The van der Waals surface area contributed by atoms with E-state index in [1.54, 1.807) is 0 Å². The fourth-order valence-corrected chi connectivity index (χ4v) is 13.6. The number of para-hydroxylation sites is 5. The van der Waals surface area contributed by atoms with Gasteiger partial charge in [0, 0.05) is 77.5 Å². The zero-order chi connectivity index (χ0) is 46.4. The van der Waals surface area contributed by atoms with Crippen LogP contribution in [0, 0.1) is 0 Å². The number of nitrogens with zero attached hydrogens (tertiary/aromatic N) is 6. The van der Waals surface area contributed by atoms with E-state index < -0.39 is 5.41 Å². The van der Waals surface area contributed by atoms with Gasteiger partial charge in [-0.2, -0.15) is 0 Å². The number of fused-ring (bicyclic) bond motifs is 18. The van der Waals surface area contributed by atoms with Gasteiger partial charge in [-0.3, -0.25) is 14.5 Å². The molecule has 330 valence electrons. The summed E-state index contributed by atoms with van der Waals surface area (Å²) in [6, 6.07) is 77.5. The van der Waals surface area contributed by atoms with Crippen LogP contribution in [0.3, 0.4) is 0 Å². The second-order valence-corrected chi connectivity index (χ2v) is 19.8. The van der Waals surface area contributed by atoms with Crippen molar-refractivity contribution in [3.63, 3.8) is 0 Å². The van der Waals surface area contributed by atoms with Gasteiger partial charge in [0.25, 0.3) is 0 Å². The Morgan fingerprint density at radius 1 is 0.338 bits per heavy atom. The van der Waals surface area contributed by atoms with E-state index in [0.29, 0.717) is 0 Å². The van der Waals surface area contributed by atoms with Gasteiger partial charge in [0.2, 0.25) is 0 Å². The molecule has 1 atom stereocenters. The Labute approximate surface area is 411 Å². The minimum absolute atomic E-state index is 0.684. The normalized spacial score (nSPS) is 14.8. The number of benzene rings is 8. The third-order valence-corrected chi connectivity index (χ3v) is 16.4. The first-order valence-corrected chi connectivity index (χ1v) is 24.9. The molecule has 2 aliphatic rings.